The number of halogens is 3. The maximum atomic E-state index is 14.1. The van der Waals surface area contributed by atoms with Crippen LogP contribution < -0.4 is 4.90 Å². The van der Waals surface area contributed by atoms with Gasteiger partial charge in [0, 0.05) is 61.8 Å². The van der Waals surface area contributed by atoms with Gasteiger partial charge in [-0.2, -0.15) is 0 Å². The van der Waals surface area contributed by atoms with Crippen LogP contribution in [-0.4, -0.2) is 72.9 Å². The topological polar surface area (TPSA) is 63.7 Å². The SMILES string of the molecule is C[C@@H]1CN(c2cc3nncn3c3c2ncn3C[C@@H]2CCCO2)[C@@H](C)CN1C(c1ccc(Cl)cc1)C1CC(F)(F)C1. The minimum Gasteiger partial charge on any atom is -0.376 e. The largest absolute Gasteiger partial charge is 0.376 e. The molecule has 3 aromatic heterocycles. The average molecular weight is 570 g/mol. The average Bonchev–Trinajstić information content (AvgIpc) is 3.67. The molecule has 7 rings (SSSR count). The predicted octanol–water partition coefficient (Wildman–Crippen LogP) is 5.60. The minimum absolute atomic E-state index is 0.0755. The molecular formula is C29H34ClF2N7O. The standard InChI is InChI=1S/C29H34ClF2N7O/c1-18-14-38(27(21-11-29(31,32)12-21)20-5-7-22(30)8-6-20)19(2)13-37(18)24-10-25-35-34-17-39(25)28-26(24)33-16-36(28)15-23-4-3-9-40-23/h5-8,10,16-19,21,23,27H,3-4,9,11-15H2,1-2H3/t18-,19+,23-,27?/m0/s1. The number of imidazole rings is 1. The first-order valence-corrected chi connectivity index (χ1v) is 14.6. The van der Waals surface area contributed by atoms with Gasteiger partial charge in [0.15, 0.2) is 5.65 Å². The van der Waals surface area contributed by atoms with Gasteiger partial charge in [-0.05, 0) is 50.3 Å². The van der Waals surface area contributed by atoms with Crippen molar-refractivity contribution in [3.05, 3.63) is 53.6 Å². The quantitative estimate of drug-likeness (QED) is 0.301. The number of ether oxygens (including phenoxy) is 1. The van der Waals surface area contributed by atoms with Crippen molar-refractivity contribution in [2.45, 2.75) is 76.2 Å². The summed E-state index contributed by atoms with van der Waals surface area (Å²) in [6, 6.07) is 9.97. The summed E-state index contributed by atoms with van der Waals surface area (Å²) in [7, 11) is 0. The molecule has 4 aromatic rings. The number of piperazine rings is 1. The van der Waals surface area contributed by atoms with E-state index in [1.54, 1.807) is 6.33 Å². The number of benzene rings is 1. The van der Waals surface area contributed by atoms with Crippen molar-refractivity contribution in [3.8, 4) is 0 Å². The first-order chi connectivity index (χ1) is 19.3. The van der Waals surface area contributed by atoms with Crippen LogP contribution in [0.1, 0.15) is 51.1 Å². The summed E-state index contributed by atoms with van der Waals surface area (Å²) in [6.45, 7) is 7.43. The van der Waals surface area contributed by atoms with E-state index < -0.39 is 5.92 Å². The zero-order valence-electron chi connectivity index (χ0n) is 22.8. The van der Waals surface area contributed by atoms with Gasteiger partial charge < -0.3 is 14.2 Å². The summed E-state index contributed by atoms with van der Waals surface area (Å²) in [4.78, 5) is 9.70. The summed E-state index contributed by atoms with van der Waals surface area (Å²) in [6.07, 6.45) is 5.79. The van der Waals surface area contributed by atoms with Crippen LogP contribution in [0.15, 0.2) is 43.0 Å². The summed E-state index contributed by atoms with van der Waals surface area (Å²) >= 11 is 6.18. The van der Waals surface area contributed by atoms with Crippen LogP contribution in [0.25, 0.3) is 16.8 Å². The van der Waals surface area contributed by atoms with Gasteiger partial charge in [-0.15, -0.1) is 10.2 Å². The summed E-state index contributed by atoms with van der Waals surface area (Å²) in [5, 5.41) is 9.23. The molecular weight excluding hydrogens is 536 g/mol. The second-order valence-electron chi connectivity index (χ2n) is 11.9. The van der Waals surface area contributed by atoms with E-state index in [4.69, 9.17) is 21.3 Å². The molecule has 1 aromatic carbocycles. The van der Waals surface area contributed by atoms with Crippen LogP contribution in [-0.2, 0) is 11.3 Å². The van der Waals surface area contributed by atoms with Gasteiger partial charge in [0.25, 0.3) is 0 Å². The highest BCUT2D eigenvalue weighted by molar-refractivity contribution is 6.30. The first kappa shape index (κ1) is 26.1. The van der Waals surface area contributed by atoms with Gasteiger partial charge >= 0.3 is 0 Å². The predicted molar refractivity (Wildman–Crippen MR) is 150 cm³/mol. The maximum Gasteiger partial charge on any atom is 0.248 e. The highest BCUT2D eigenvalue weighted by Gasteiger charge is 2.51. The van der Waals surface area contributed by atoms with E-state index in [0.29, 0.717) is 5.02 Å². The van der Waals surface area contributed by atoms with Crippen molar-refractivity contribution in [3.63, 3.8) is 0 Å². The molecule has 11 heteroatoms. The smallest absolute Gasteiger partial charge is 0.248 e. The number of nitrogens with zero attached hydrogens (tertiary/aromatic N) is 7. The van der Waals surface area contributed by atoms with E-state index >= 15 is 0 Å². The third-order valence-corrected chi connectivity index (χ3v) is 9.28. The Balaban J connectivity index is 1.21. The minimum atomic E-state index is -2.58. The van der Waals surface area contributed by atoms with Gasteiger partial charge in [-0.1, -0.05) is 23.7 Å². The van der Waals surface area contributed by atoms with E-state index in [0.717, 1.165) is 67.1 Å². The molecule has 1 aliphatic carbocycles. The lowest BCUT2D eigenvalue weighted by Gasteiger charge is -2.52. The van der Waals surface area contributed by atoms with E-state index in [1.807, 2.05) is 35.0 Å². The van der Waals surface area contributed by atoms with Gasteiger partial charge in [0.05, 0.1) is 24.7 Å². The molecule has 212 valence electrons. The molecule has 3 fully saturated rings. The number of anilines is 1. The fraction of sp³-hybridized carbons (Fsp3) is 0.552. The van der Waals surface area contributed by atoms with Gasteiger partial charge in [-0.3, -0.25) is 9.30 Å². The Hall–Kier alpha value is -2.82. The number of hydrogen-bond donors (Lipinski definition) is 0. The van der Waals surface area contributed by atoms with Crippen LogP contribution in [0.4, 0.5) is 14.5 Å². The molecule has 8 nitrogen and oxygen atoms in total. The molecule has 3 aliphatic rings. The molecule has 5 heterocycles. The maximum absolute atomic E-state index is 14.1. The lowest BCUT2D eigenvalue weighted by Crippen LogP contribution is -2.59. The van der Waals surface area contributed by atoms with Crippen LogP contribution >= 0.6 is 11.6 Å². The van der Waals surface area contributed by atoms with Crippen LogP contribution in [0, 0.1) is 5.92 Å². The molecule has 40 heavy (non-hydrogen) atoms. The fourth-order valence-electron chi connectivity index (χ4n) is 7.07. The monoisotopic (exact) mass is 569 g/mol. The first-order valence-electron chi connectivity index (χ1n) is 14.2. The van der Waals surface area contributed by atoms with Crippen LogP contribution in [0.3, 0.4) is 0 Å². The van der Waals surface area contributed by atoms with E-state index in [1.165, 1.54) is 0 Å². The lowest BCUT2D eigenvalue weighted by atomic mass is 9.73. The van der Waals surface area contributed by atoms with Crippen molar-refractivity contribution in [1.29, 1.82) is 0 Å². The normalized spacial score (nSPS) is 26.5. The van der Waals surface area contributed by atoms with Crippen molar-refractivity contribution < 1.29 is 13.5 Å². The molecule has 0 N–H and O–H groups in total. The van der Waals surface area contributed by atoms with Crippen LogP contribution in [0.5, 0.6) is 0 Å². The summed E-state index contributed by atoms with van der Waals surface area (Å²) in [5.41, 5.74) is 4.72. The summed E-state index contributed by atoms with van der Waals surface area (Å²) < 4.78 is 38.2. The van der Waals surface area contributed by atoms with Crippen molar-refractivity contribution in [2.24, 2.45) is 5.92 Å². The van der Waals surface area contributed by atoms with Crippen molar-refractivity contribution in [2.75, 3.05) is 24.6 Å². The Labute approximate surface area is 236 Å². The number of fused-ring (bicyclic) bond motifs is 3. The zero-order valence-corrected chi connectivity index (χ0v) is 23.5. The second-order valence-corrected chi connectivity index (χ2v) is 12.3. The van der Waals surface area contributed by atoms with Gasteiger partial charge in [0.1, 0.15) is 17.5 Å². The molecule has 2 saturated heterocycles. The van der Waals surface area contributed by atoms with E-state index in [2.05, 4.69) is 44.5 Å². The number of hydrogen-bond acceptors (Lipinski definition) is 6. The molecule has 2 aliphatic heterocycles. The van der Waals surface area contributed by atoms with Gasteiger partial charge in [0.2, 0.25) is 5.92 Å². The zero-order chi connectivity index (χ0) is 27.6. The van der Waals surface area contributed by atoms with Crippen LogP contribution in [0.2, 0.25) is 5.02 Å². The van der Waals surface area contributed by atoms with Crippen molar-refractivity contribution in [1.82, 2.24) is 29.0 Å². The molecule has 4 atom stereocenters. The second kappa shape index (κ2) is 9.92. The Morgan fingerprint density at radius 2 is 1.90 bits per heavy atom. The third-order valence-electron chi connectivity index (χ3n) is 9.03. The highest BCUT2D eigenvalue weighted by atomic mass is 35.5. The Morgan fingerprint density at radius 3 is 2.62 bits per heavy atom. The molecule has 0 radical (unpaired) electrons. The number of alkyl halides is 2. The molecule has 0 amide bonds. The number of rotatable bonds is 6. The summed E-state index contributed by atoms with van der Waals surface area (Å²) in [5.74, 6) is -2.67. The number of aromatic nitrogens is 5. The Morgan fingerprint density at radius 1 is 1.10 bits per heavy atom. The van der Waals surface area contributed by atoms with E-state index in [9.17, 15) is 8.78 Å². The Kier molecular flexibility index (Phi) is 6.47. The molecule has 1 saturated carbocycles. The fourth-order valence-corrected chi connectivity index (χ4v) is 7.19. The molecule has 1 unspecified atom stereocenters. The molecule has 0 bridgehead atoms. The van der Waals surface area contributed by atoms with E-state index in [-0.39, 0.29) is 43.0 Å². The third kappa shape index (κ3) is 4.54. The Bertz CT molecular complexity index is 1510. The lowest BCUT2D eigenvalue weighted by molar-refractivity contribution is -0.137. The number of pyridine rings is 1. The van der Waals surface area contributed by atoms with Crippen molar-refractivity contribution >= 4 is 34.1 Å². The highest BCUT2D eigenvalue weighted by Crippen LogP contribution is 2.51. The van der Waals surface area contributed by atoms with Gasteiger partial charge in [-0.25, -0.2) is 13.8 Å². The molecule has 0 spiro atoms.